The van der Waals surface area contributed by atoms with E-state index >= 15 is 0 Å². The molecule has 0 unspecified atom stereocenters. The Labute approximate surface area is 192 Å². The lowest BCUT2D eigenvalue weighted by molar-refractivity contribution is -0.130. The maximum atomic E-state index is 13.5. The van der Waals surface area contributed by atoms with E-state index in [4.69, 9.17) is 22.1 Å². The van der Waals surface area contributed by atoms with Crippen molar-refractivity contribution in [1.29, 1.82) is 0 Å². The number of piperazine rings is 1. The van der Waals surface area contributed by atoms with Crippen LogP contribution in [-0.4, -0.2) is 54.5 Å². The van der Waals surface area contributed by atoms with Crippen molar-refractivity contribution in [3.63, 3.8) is 0 Å². The van der Waals surface area contributed by atoms with Crippen molar-refractivity contribution in [3.8, 4) is 0 Å². The van der Waals surface area contributed by atoms with Gasteiger partial charge < -0.3 is 15.4 Å². The Bertz CT molecular complexity index is 1030. The Morgan fingerprint density at radius 3 is 2.44 bits per heavy atom. The molecule has 1 amide bonds. The van der Waals surface area contributed by atoms with Crippen LogP contribution in [0.5, 0.6) is 0 Å². The SMILES string of the molecule is NC(=O)O[C@@]1(c2ccccc2)C=CC(Cl)=C(CCN2CCN(c3ccncc3)CC2)C1=O. The van der Waals surface area contributed by atoms with Gasteiger partial charge in [-0.1, -0.05) is 41.9 Å². The number of anilines is 1. The number of hydrogen-bond acceptors (Lipinski definition) is 6. The maximum Gasteiger partial charge on any atom is 0.406 e. The number of benzene rings is 1. The molecule has 166 valence electrons. The second-order valence-corrected chi connectivity index (χ2v) is 8.20. The average molecular weight is 453 g/mol. The number of amides is 1. The van der Waals surface area contributed by atoms with Crippen LogP contribution in [0, 0.1) is 0 Å². The molecule has 0 spiro atoms. The first-order valence-corrected chi connectivity index (χ1v) is 10.9. The van der Waals surface area contributed by atoms with E-state index in [-0.39, 0.29) is 5.78 Å². The van der Waals surface area contributed by atoms with Crippen LogP contribution in [0.25, 0.3) is 0 Å². The van der Waals surface area contributed by atoms with E-state index in [2.05, 4.69) is 14.8 Å². The van der Waals surface area contributed by atoms with Gasteiger partial charge in [0.25, 0.3) is 0 Å². The number of carbonyl (C=O) groups excluding carboxylic acids is 2. The third-order valence-electron chi connectivity index (χ3n) is 5.91. The third-order valence-corrected chi connectivity index (χ3v) is 6.26. The second kappa shape index (κ2) is 9.54. The van der Waals surface area contributed by atoms with Gasteiger partial charge in [-0.2, -0.15) is 0 Å². The number of pyridine rings is 1. The molecule has 0 bridgehead atoms. The Hall–Kier alpha value is -3.16. The predicted octanol–water partition coefficient (Wildman–Crippen LogP) is 3.22. The molecule has 1 aromatic carbocycles. The summed E-state index contributed by atoms with van der Waals surface area (Å²) >= 11 is 6.42. The van der Waals surface area contributed by atoms with Crippen LogP contribution in [0.1, 0.15) is 12.0 Å². The number of Topliss-reactive ketones (excluding diaryl/α,β-unsaturated/α-hetero) is 1. The number of hydrogen-bond donors (Lipinski definition) is 1. The monoisotopic (exact) mass is 452 g/mol. The first-order valence-electron chi connectivity index (χ1n) is 10.5. The molecular weight excluding hydrogens is 428 g/mol. The van der Waals surface area contributed by atoms with Gasteiger partial charge in [0.1, 0.15) is 0 Å². The van der Waals surface area contributed by atoms with Crippen molar-refractivity contribution in [2.45, 2.75) is 12.0 Å². The van der Waals surface area contributed by atoms with Gasteiger partial charge in [-0.05, 0) is 30.7 Å². The standard InChI is InChI=1S/C24H25ClN4O3/c25-21-6-10-24(32-23(26)31,18-4-2-1-3-5-18)22(30)20(21)9-13-28-14-16-29(17-15-28)19-7-11-27-12-8-19/h1-8,10-12H,9,13-17H2,(H2,26,31)/t24-/m1/s1. The van der Waals surface area contributed by atoms with Crippen molar-refractivity contribution in [2.75, 3.05) is 37.6 Å². The summed E-state index contributed by atoms with van der Waals surface area (Å²) in [6, 6.07) is 12.9. The Morgan fingerprint density at radius 2 is 1.78 bits per heavy atom. The van der Waals surface area contributed by atoms with Gasteiger partial charge in [0.05, 0.1) is 0 Å². The molecular formula is C24H25ClN4O3. The van der Waals surface area contributed by atoms with Crippen LogP contribution in [-0.2, 0) is 15.1 Å². The lowest BCUT2D eigenvalue weighted by atomic mass is 9.81. The molecule has 8 heteroatoms. The molecule has 0 radical (unpaired) electrons. The van der Waals surface area contributed by atoms with Crippen molar-refractivity contribution in [3.05, 3.63) is 83.2 Å². The van der Waals surface area contributed by atoms with Gasteiger partial charge in [0.15, 0.2) is 0 Å². The molecule has 2 aromatic rings. The van der Waals surface area contributed by atoms with Gasteiger partial charge in [-0.25, -0.2) is 4.79 Å². The minimum absolute atomic E-state index is 0.356. The Kier molecular flexibility index (Phi) is 6.58. The molecule has 2 heterocycles. The van der Waals surface area contributed by atoms with Crippen LogP contribution in [0.4, 0.5) is 10.5 Å². The normalized spacial score (nSPS) is 21.7. The number of nitrogens with zero attached hydrogens (tertiary/aromatic N) is 3. The van der Waals surface area contributed by atoms with E-state index in [9.17, 15) is 9.59 Å². The highest BCUT2D eigenvalue weighted by molar-refractivity contribution is 6.34. The zero-order valence-electron chi connectivity index (χ0n) is 17.6. The van der Waals surface area contributed by atoms with Crippen LogP contribution < -0.4 is 10.6 Å². The van der Waals surface area contributed by atoms with E-state index in [0.717, 1.165) is 31.9 Å². The largest absolute Gasteiger partial charge is 0.425 e. The third kappa shape index (κ3) is 4.54. The zero-order valence-corrected chi connectivity index (χ0v) is 18.4. The summed E-state index contributed by atoms with van der Waals surface area (Å²) in [5.74, 6) is -0.356. The molecule has 1 aliphatic heterocycles. The van der Waals surface area contributed by atoms with E-state index in [1.165, 1.54) is 6.08 Å². The number of carbonyl (C=O) groups is 2. The van der Waals surface area contributed by atoms with Gasteiger partial charge in [0.2, 0.25) is 11.4 Å². The Morgan fingerprint density at radius 1 is 1.09 bits per heavy atom. The maximum absolute atomic E-state index is 13.5. The number of rotatable bonds is 6. The number of halogens is 1. The van der Waals surface area contributed by atoms with Crippen LogP contribution in [0.3, 0.4) is 0 Å². The van der Waals surface area contributed by atoms with Crippen molar-refractivity contribution in [2.24, 2.45) is 5.73 Å². The predicted molar refractivity (Wildman–Crippen MR) is 123 cm³/mol. The first kappa shape index (κ1) is 22.0. The fourth-order valence-electron chi connectivity index (χ4n) is 4.20. The summed E-state index contributed by atoms with van der Waals surface area (Å²) in [6.45, 7) is 4.21. The number of ketones is 1. The molecule has 4 rings (SSSR count). The highest BCUT2D eigenvalue weighted by atomic mass is 35.5. The van der Waals surface area contributed by atoms with Crippen molar-refractivity contribution >= 4 is 29.2 Å². The molecule has 1 fully saturated rings. The summed E-state index contributed by atoms with van der Waals surface area (Å²) < 4.78 is 5.39. The fourth-order valence-corrected chi connectivity index (χ4v) is 4.44. The van der Waals surface area contributed by atoms with Crippen molar-refractivity contribution < 1.29 is 14.3 Å². The van der Waals surface area contributed by atoms with E-state index in [1.807, 2.05) is 18.2 Å². The summed E-state index contributed by atoms with van der Waals surface area (Å²) in [5, 5.41) is 0.366. The van der Waals surface area contributed by atoms with E-state index in [1.54, 1.807) is 42.7 Å². The summed E-state index contributed by atoms with van der Waals surface area (Å²) in [4.78, 5) is 33.9. The molecule has 2 N–H and O–H groups in total. The molecule has 7 nitrogen and oxygen atoms in total. The summed E-state index contributed by atoms with van der Waals surface area (Å²) in [6.07, 6.45) is 6.16. The number of allylic oxidation sites excluding steroid dienone is 2. The lowest BCUT2D eigenvalue weighted by Crippen LogP contribution is -2.47. The highest BCUT2D eigenvalue weighted by Crippen LogP contribution is 2.38. The molecule has 2 aliphatic rings. The van der Waals surface area contributed by atoms with Crippen LogP contribution >= 0.6 is 11.6 Å². The van der Waals surface area contributed by atoms with Crippen LogP contribution in [0.15, 0.2) is 77.6 Å². The van der Waals surface area contributed by atoms with E-state index in [0.29, 0.717) is 29.1 Å². The smallest absolute Gasteiger partial charge is 0.406 e. The highest BCUT2D eigenvalue weighted by Gasteiger charge is 2.45. The Balaban J connectivity index is 1.45. The van der Waals surface area contributed by atoms with Gasteiger partial charge in [-0.3, -0.25) is 14.7 Å². The number of nitrogens with two attached hydrogens (primary N) is 1. The van der Waals surface area contributed by atoms with Gasteiger partial charge >= 0.3 is 6.09 Å². The first-order chi connectivity index (χ1) is 15.5. The van der Waals surface area contributed by atoms with Gasteiger partial charge in [-0.15, -0.1) is 0 Å². The van der Waals surface area contributed by atoms with Gasteiger partial charge in [0, 0.05) is 67.0 Å². The minimum atomic E-state index is -1.60. The summed E-state index contributed by atoms with van der Waals surface area (Å²) in [7, 11) is 0. The quantitative estimate of drug-likeness (QED) is 0.724. The number of primary amides is 1. The molecule has 1 atom stereocenters. The lowest BCUT2D eigenvalue weighted by Gasteiger charge is -2.37. The van der Waals surface area contributed by atoms with E-state index < -0.39 is 11.7 Å². The molecule has 0 saturated carbocycles. The molecule has 1 saturated heterocycles. The number of aromatic nitrogens is 1. The van der Waals surface area contributed by atoms with Crippen molar-refractivity contribution in [1.82, 2.24) is 9.88 Å². The summed E-state index contributed by atoms with van der Waals surface area (Å²) in [5.41, 5.74) is 5.87. The minimum Gasteiger partial charge on any atom is -0.425 e. The second-order valence-electron chi connectivity index (χ2n) is 7.80. The molecule has 1 aliphatic carbocycles. The molecule has 32 heavy (non-hydrogen) atoms. The topological polar surface area (TPSA) is 88.8 Å². The zero-order chi connectivity index (χ0) is 22.6. The van der Waals surface area contributed by atoms with Crippen LogP contribution in [0.2, 0.25) is 0 Å². The number of ether oxygens (including phenoxy) is 1. The average Bonchev–Trinajstić information content (AvgIpc) is 2.82. The fraction of sp³-hybridized carbons (Fsp3) is 0.292. The molecule has 1 aromatic heterocycles.